The van der Waals surface area contributed by atoms with Crippen LogP contribution < -0.4 is 21.4 Å². The second-order valence-corrected chi connectivity index (χ2v) is 13.7. The third kappa shape index (κ3) is 13.6. The number of carbonyl (C=O) groups excluding carboxylic acids is 4. The maximum atomic E-state index is 13.6. The molecule has 248 valence electrons. The topological polar surface area (TPSA) is 129 Å². The van der Waals surface area contributed by atoms with Crippen molar-refractivity contribution in [1.29, 1.82) is 0 Å². The molecule has 4 N–H and O–H groups in total. The monoisotopic (exact) mass is 687 g/mol. The fourth-order valence-electron chi connectivity index (χ4n) is 4.98. The number of carbonyl (C=O) groups is 4. The Morgan fingerprint density at radius 3 is 2.09 bits per heavy atom. The molecular formula is C34H50BrN5O5. The van der Waals surface area contributed by atoms with E-state index in [9.17, 15) is 19.2 Å². The average molecular weight is 689 g/mol. The Morgan fingerprint density at radius 2 is 1.53 bits per heavy atom. The van der Waals surface area contributed by atoms with Crippen molar-refractivity contribution in [3.05, 3.63) is 70.2 Å². The molecule has 0 unspecified atom stereocenters. The van der Waals surface area contributed by atoms with Crippen LogP contribution in [0.2, 0.25) is 0 Å². The van der Waals surface area contributed by atoms with Gasteiger partial charge in [-0.3, -0.25) is 19.8 Å². The molecule has 2 aromatic rings. The lowest BCUT2D eigenvalue weighted by atomic mass is 9.86. The summed E-state index contributed by atoms with van der Waals surface area (Å²) in [5.74, 6) is -0.924. The van der Waals surface area contributed by atoms with Crippen molar-refractivity contribution in [3.8, 4) is 0 Å². The van der Waals surface area contributed by atoms with Gasteiger partial charge in [-0.1, -0.05) is 93.0 Å². The number of rotatable bonds is 16. The SMILES string of the molecule is CNC(=O)[C@H](CC(C)C)NC(=O)[C@@H](CCCN(Cc1ccc(Br)cc1)NC(=O)[C@@H](NC(=O)OC)C(C)(C)C)Cc1ccccc1. The molecule has 4 amide bonds. The van der Waals surface area contributed by atoms with Crippen LogP contribution in [0.5, 0.6) is 0 Å². The maximum Gasteiger partial charge on any atom is 0.407 e. The number of hydrogen-bond donors (Lipinski definition) is 4. The van der Waals surface area contributed by atoms with Crippen LogP contribution in [0.1, 0.15) is 65.0 Å². The maximum absolute atomic E-state index is 13.6. The standard InChI is InChI=1S/C34H50BrN5O5/c1-23(2)20-28(31(42)36-6)37-30(41)26(21-24-12-9-8-10-13-24)14-11-19-40(22-25-15-17-27(35)18-16-25)39-32(43)29(34(3,4)5)38-33(44)45-7/h8-10,12-13,15-18,23,26,28-29H,11,14,19-22H2,1-7H3,(H,36,42)(H,37,41)(H,38,44)(H,39,43)/t26-,28-,29+/m0/s1. The first-order valence-corrected chi connectivity index (χ1v) is 16.2. The third-order valence-electron chi connectivity index (χ3n) is 7.39. The zero-order chi connectivity index (χ0) is 33.6. The molecule has 0 aromatic heterocycles. The molecular weight excluding hydrogens is 638 g/mol. The second-order valence-electron chi connectivity index (χ2n) is 12.8. The quantitative estimate of drug-likeness (QED) is 0.185. The van der Waals surface area contributed by atoms with Crippen molar-refractivity contribution in [2.45, 2.75) is 78.9 Å². The Balaban J connectivity index is 2.26. The van der Waals surface area contributed by atoms with Gasteiger partial charge in [0.05, 0.1) is 7.11 Å². The van der Waals surface area contributed by atoms with Crippen LogP contribution in [-0.4, -0.2) is 61.6 Å². The fourth-order valence-corrected chi connectivity index (χ4v) is 5.24. The zero-order valence-corrected chi connectivity index (χ0v) is 29.2. The Kier molecular flexibility index (Phi) is 15.5. The molecule has 3 atom stereocenters. The number of halogens is 1. The first-order valence-electron chi connectivity index (χ1n) is 15.4. The summed E-state index contributed by atoms with van der Waals surface area (Å²) in [6, 6.07) is 16.1. The highest BCUT2D eigenvalue weighted by Gasteiger charge is 2.34. The van der Waals surface area contributed by atoms with Crippen molar-refractivity contribution < 1.29 is 23.9 Å². The second kappa shape index (κ2) is 18.5. The number of methoxy groups -OCH3 is 1. The fraction of sp³-hybridized carbons (Fsp3) is 0.529. The number of nitrogens with one attached hydrogen (secondary N) is 4. The molecule has 0 bridgehead atoms. The summed E-state index contributed by atoms with van der Waals surface area (Å²) < 4.78 is 5.70. The predicted octanol–water partition coefficient (Wildman–Crippen LogP) is 4.97. The molecule has 0 aliphatic rings. The minimum Gasteiger partial charge on any atom is -0.453 e. The molecule has 2 rings (SSSR count). The summed E-state index contributed by atoms with van der Waals surface area (Å²) in [6.07, 6.45) is 1.47. The molecule has 0 radical (unpaired) electrons. The molecule has 0 aliphatic carbocycles. The lowest BCUT2D eigenvalue weighted by molar-refractivity contribution is -0.132. The van der Waals surface area contributed by atoms with Gasteiger partial charge in [0.2, 0.25) is 11.8 Å². The van der Waals surface area contributed by atoms with Crippen molar-refractivity contribution in [2.24, 2.45) is 17.3 Å². The molecule has 0 aliphatic heterocycles. The van der Waals surface area contributed by atoms with Gasteiger partial charge in [-0.25, -0.2) is 9.80 Å². The van der Waals surface area contributed by atoms with Gasteiger partial charge >= 0.3 is 6.09 Å². The van der Waals surface area contributed by atoms with E-state index < -0.39 is 23.6 Å². The molecule has 0 spiro atoms. The Labute approximate surface area is 276 Å². The van der Waals surface area contributed by atoms with E-state index in [1.807, 2.05) is 94.2 Å². The van der Waals surface area contributed by atoms with Crippen LogP contribution >= 0.6 is 15.9 Å². The van der Waals surface area contributed by atoms with Crippen molar-refractivity contribution in [2.75, 3.05) is 20.7 Å². The lowest BCUT2D eigenvalue weighted by Gasteiger charge is -2.33. The van der Waals surface area contributed by atoms with Crippen molar-refractivity contribution >= 4 is 39.7 Å². The van der Waals surface area contributed by atoms with Crippen LogP contribution in [0.25, 0.3) is 0 Å². The van der Waals surface area contributed by atoms with Crippen LogP contribution in [0.3, 0.4) is 0 Å². The van der Waals surface area contributed by atoms with Crippen LogP contribution in [0.15, 0.2) is 59.1 Å². The summed E-state index contributed by atoms with van der Waals surface area (Å²) in [4.78, 5) is 51.8. The van der Waals surface area contributed by atoms with Gasteiger partial charge in [-0.2, -0.15) is 0 Å². The van der Waals surface area contributed by atoms with Crippen LogP contribution in [0, 0.1) is 17.3 Å². The number of nitrogens with zero attached hydrogens (tertiary/aromatic N) is 1. The van der Waals surface area contributed by atoms with E-state index in [4.69, 9.17) is 4.74 Å². The first kappa shape index (κ1) is 37.7. The number of amides is 4. The third-order valence-corrected chi connectivity index (χ3v) is 7.92. The highest BCUT2D eigenvalue weighted by Crippen LogP contribution is 2.21. The molecule has 11 heteroatoms. The molecule has 2 aromatic carbocycles. The highest BCUT2D eigenvalue weighted by molar-refractivity contribution is 9.10. The van der Waals surface area contributed by atoms with Crippen molar-refractivity contribution in [1.82, 2.24) is 26.4 Å². The van der Waals surface area contributed by atoms with Gasteiger partial charge < -0.3 is 20.7 Å². The Morgan fingerprint density at radius 1 is 0.889 bits per heavy atom. The molecule has 10 nitrogen and oxygen atoms in total. The predicted molar refractivity (Wildman–Crippen MR) is 180 cm³/mol. The molecule has 0 heterocycles. The lowest BCUT2D eigenvalue weighted by Crippen LogP contribution is -2.57. The summed E-state index contributed by atoms with van der Waals surface area (Å²) in [6.45, 7) is 10.5. The highest BCUT2D eigenvalue weighted by atomic mass is 79.9. The van der Waals surface area contributed by atoms with E-state index in [0.29, 0.717) is 38.8 Å². The summed E-state index contributed by atoms with van der Waals surface area (Å²) >= 11 is 3.47. The summed E-state index contributed by atoms with van der Waals surface area (Å²) in [5.41, 5.74) is 4.43. The van der Waals surface area contributed by atoms with Gasteiger partial charge in [0.15, 0.2) is 0 Å². The van der Waals surface area contributed by atoms with E-state index in [2.05, 4.69) is 37.3 Å². The van der Waals surface area contributed by atoms with E-state index in [1.165, 1.54) is 7.11 Å². The van der Waals surface area contributed by atoms with E-state index in [-0.39, 0.29) is 29.6 Å². The van der Waals surface area contributed by atoms with Gasteiger partial charge in [-0.05, 0) is 60.3 Å². The Bertz CT molecular complexity index is 1230. The van der Waals surface area contributed by atoms with E-state index >= 15 is 0 Å². The summed E-state index contributed by atoms with van der Waals surface area (Å²) in [7, 11) is 2.83. The minimum atomic E-state index is -0.850. The van der Waals surface area contributed by atoms with Gasteiger partial charge in [-0.15, -0.1) is 0 Å². The first-order chi connectivity index (χ1) is 21.2. The molecule has 45 heavy (non-hydrogen) atoms. The van der Waals surface area contributed by atoms with Gasteiger partial charge in [0.25, 0.3) is 5.91 Å². The largest absolute Gasteiger partial charge is 0.453 e. The molecule has 0 saturated carbocycles. The Hall–Kier alpha value is -3.44. The average Bonchev–Trinajstić information content (AvgIpc) is 2.99. The number of alkyl carbamates (subject to hydrolysis) is 1. The smallest absolute Gasteiger partial charge is 0.407 e. The van der Waals surface area contributed by atoms with Crippen molar-refractivity contribution in [3.63, 3.8) is 0 Å². The summed E-state index contributed by atoms with van der Waals surface area (Å²) in [5, 5.41) is 10.1. The number of likely N-dealkylation sites (N-methyl/N-ethyl adjacent to an activating group) is 1. The van der Waals surface area contributed by atoms with Gasteiger partial charge in [0.1, 0.15) is 12.1 Å². The van der Waals surface area contributed by atoms with Crippen LogP contribution in [-0.2, 0) is 32.1 Å². The van der Waals surface area contributed by atoms with E-state index in [1.54, 1.807) is 7.05 Å². The molecule has 0 fully saturated rings. The number of ether oxygens (including phenoxy) is 1. The zero-order valence-electron chi connectivity index (χ0n) is 27.6. The number of benzene rings is 2. The van der Waals surface area contributed by atoms with Crippen LogP contribution in [0.4, 0.5) is 4.79 Å². The normalized spacial score (nSPS) is 13.5. The van der Waals surface area contributed by atoms with E-state index in [0.717, 1.165) is 15.6 Å². The van der Waals surface area contributed by atoms with Gasteiger partial charge in [0, 0.05) is 30.5 Å². The minimum absolute atomic E-state index is 0.174. The number of hydrogen-bond acceptors (Lipinski definition) is 6. The molecule has 0 saturated heterocycles. The number of hydrazine groups is 1.